The van der Waals surface area contributed by atoms with E-state index in [0.29, 0.717) is 23.5 Å². The highest BCUT2D eigenvalue weighted by molar-refractivity contribution is 9.09. The van der Waals surface area contributed by atoms with Crippen LogP contribution < -0.4 is 4.74 Å². The molecule has 1 aromatic rings. The molecule has 1 rings (SSSR count). The predicted molar refractivity (Wildman–Crippen MR) is 56.4 cm³/mol. The van der Waals surface area contributed by atoms with Crippen LogP contribution in [-0.2, 0) is 6.61 Å². The number of aliphatic hydroxyl groups is 1. The molecule has 0 unspecified atom stereocenters. The Bertz CT molecular complexity index is 346. The molecule has 0 bridgehead atoms. The summed E-state index contributed by atoms with van der Waals surface area (Å²) in [5, 5.41) is 18.4. The molecule has 74 valence electrons. The highest BCUT2D eigenvalue weighted by Gasteiger charge is 2.03. The Morgan fingerprint density at radius 1 is 1.50 bits per heavy atom. The van der Waals surface area contributed by atoms with Crippen molar-refractivity contribution in [2.24, 2.45) is 0 Å². The van der Waals surface area contributed by atoms with Crippen LogP contribution in [0.5, 0.6) is 5.75 Å². The van der Waals surface area contributed by atoms with E-state index in [2.05, 4.69) is 15.9 Å². The maximum Gasteiger partial charge on any atom is 0.124 e. The van der Waals surface area contributed by atoms with Gasteiger partial charge in [0.15, 0.2) is 0 Å². The number of hydrogen-bond acceptors (Lipinski definition) is 3. The summed E-state index contributed by atoms with van der Waals surface area (Å²) in [5.74, 6) is 0.631. The minimum Gasteiger partial charge on any atom is -0.492 e. The second kappa shape index (κ2) is 5.63. The van der Waals surface area contributed by atoms with E-state index in [0.717, 1.165) is 5.33 Å². The number of rotatable bonds is 4. The van der Waals surface area contributed by atoms with E-state index in [-0.39, 0.29) is 6.61 Å². The van der Waals surface area contributed by atoms with Crippen molar-refractivity contribution in [1.29, 1.82) is 5.26 Å². The predicted octanol–water partition coefficient (Wildman–Crippen LogP) is 1.82. The first-order chi connectivity index (χ1) is 6.81. The summed E-state index contributed by atoms with van der Waals surface area (Å²) in [6.07, 6.45) is 0. The van der Waals surface area contributed by atoms with Gasteiger partial charge in [0.2, 0.25) is 0 Å². The van der Waals surface area contributed by atoms with Gasteiger partial charge in [0.05, 0.1) is 24.8 Å². The molecule has 0 fully saturated rings. The summed E-state index contributed by atoms with van der Waals surface area (Å²) in [4.78, 5) is 0. The minimum atomic E-state index is -0.118. The molecule has 0 aliphatic rings. The molecule has 0 aliphatic carbocycles. The Hall–Kier alpha value is -1.05. The number of ether oxygens (including phenoxy) is 1. The Kier molecular flexibility index (Phi) is 4.44. The molecule has 1 aromatic carbocycles. The molecule has 0 atom stereocenters. The summed E-state index contributed by atoms with van der Waals surface area (Å²) < 4.78 is 5.36. The van der Waals surface area contributed by atoms with Crippen molar-refractivity contribution in [3.63, 3.8) is 0 Å². The van der Waals surface area contributed by atoms with Crippen molar-refractivity contribution in [2.45, 2.75) is 6.61 Å². The third-order valence-electron chi connectivity index (χ3n) is 1.69. The normalized spacial score (nSPS) is 9.50. The molecule has 0 saturated carbocycles. The lowest BCUT2D eigenvalue weighted by atomic mass is 10.1. The lowest BCUT2D eigenvalue weighted by molar-refractivity contribution is 0.267. The number of alkyl halides is 1. The van der Waals surface area contributed by atoms with E-state index in [4.69, 9.17) is 15.1 Å². The van der Waals surface area contributed by atoms with Crippen molar-refractivity contribution >= 4 is 15.9 Å². The van der Waals surface area contributed by atoms with Crippen molar-refractivity contribution < 1.29 is 9.84 Å². The number of benzene rings is 1. The van der Waals surface area contributed by atoms with Crippen molar-refractivity contribution in [3.8, 4) is 11.8 Å². The molecule has 0 saturated heterocycles. The van der Waals surface area contributed by atoms with E-state index < -0.39 is 0 Å². The fraction of sp³-hybridized carbons (Fsp3) is 0.300. The Labute approximate surface area is 91.1 Å². The summed E-state index contributed by atoms with van der Waals surface area (Å²) in [6.45, 7) is 0.423. The van der Waals surface area contributed by atoms with Gasteiger partial charge in [0.1, 0.15) is 5.75 Å². The molecular formula is C10H10BrNO2. The fourth-order valence-electron chi connectivity index (χ4n) is 1.06. The molecule has 0 aromatic heterocycles. The largest absolute Gasteiger partial charge is 0.492 e. The van der Waals surface area contributed by atoms with Crippen LogP contribution in [0.15, 0.2) is 18.2 Å². The average molecular weight is 256 g/mol. The molecule has 3 nitrogen and oxygen atoms in total. The number of aliphatic hydroxyl groups excluding tert-OH is 1. The van der Waals surface area contributed by atoms with Crippen LogP contribution in [0.3, 0.4) is 0 Å². The van der Waals surface area contributed by atoms with Gasteiger partial charge in [-0.25, -0.2) is 0 Å². The maximum absolute atomic E-state index is 9.04. The SMILES string of the molecule is N#Cc1ccc(OCCBr)c(CO)c1. The van der Waals surface area contributed by atoms with Gasteiger partial charge in [-0.2, -0.15) is 5.26 Å². The van der Waals surface area contributed by atoms with Crippen LogP contribution in [-0.4, -0.2) is 17.0 Å². The van der Waals surface area contributed by atoms with E-state index in [1.54, 1.807) is 18.2 Å². The van der Waals surface area contributed by atoms with Crippen molar-refractivity contribution in [2.75, 3.05) is 11.9 Å². The lowest BCUT2D eigenvalue weighted by Gasteiger charge is -2.08. The zero-order chi connectivity index (χ0) is 10.4. The van der Waals surface area contributed by atoms with Crippen LogP contribution in [0.25, 0.3) is 0 Å². The lowest BCUT2D eigenvalue weighted by Crippen LogP contribution is -2.01. The van der Waals surface area contributed by atoms with Crippen LogP contribution >= 0.6 is 15.9 Å². The molecule has 0 heterocycles. The van der Waals surface area contributed by atoms with Gasteiger partial charge in [-0.15, -0.1) is 0 Å². The maximum atomic E-state index is 9.04. The molecule has 0 radical (unpaired) electrons. The molecule has 0 aliphatic heterocycles. The molecule has 0 spiro atoms. The zero-order valence-electron chi connectivity index (χ0n) is 7.53. The fourth-order valence-corrected chi connectivity index (χ4v) is 1.22. The minimum absolute atomic E-state index is 0.118. The molecular weight excluding hydrogens is 246 g/mol. The summed E-state index contributed by atoms with van der Waals surface area (Å²) in [5.41, 5.74) is 1.17. The first-order valence-electron chi connectivity index (χ1n) is 4.14. The Morgan fingerprint density at radius 3 is 2.86 bits per heavy atom. The van der Waals surface area contributed by atoms with Gasteiger partial charge in [-0.05, 0) is 18.2 Å². The van der Waals surface area contributed by atoms with Crippen LogP contribution in [0.1, 0.15) is 11.1 Å². The van der Waals surface area contributed by atoms with Gasteiger partial charge in [0, 0.05) is 10.9 Å². The van der Waals surface area contributed by atoms with Gasteiger partial charge < -0.3 is 9.84 Å². The summed E-state index contributed by atoms with van der Waals surface area (Å²) >= 11 is 3.24. The number of hydrogen-bond donors (Lipinski definition) is 1. The highest BCUT2D eigenvalue weighted by atomic mass is 79.9. The first kappa shape index (κ1) is 11.0. The molecule has 0 amide bonds. The third-order valence-corrected chi connectivity index (χ3v) is 2.02. The Balaban J connectivity index is 2.89. The number of nitriles is 1. The summed E-state index contributed by atoms with van der Waals surface area (Å²) in [7, 11) is 0. The molecule has 14 heavy (non-hydrogen) atoms. The first-order valence-corrected chi connectivity index (χ1v) is 5.26. The van der Waals surface area contributed by atoms with Gasteiger partial charge in [-0.3, -0.25) is 0 Å². The summed E-state index contributed by atoms with van der Waals surface area (Å²) in [6, 6.07) is 7.01. The van der Waals surface area contributed by atoms with Crippen molar-refractivity contribution in [3.05, 3.63) is 29.3 Å². The van der Waals surface area contributed by atoms with Gasteiger partial charge >= 0.3 is 0 Å². The molecule has 1 N–H and O–H groups in total. The van der Waals surface area contributed by atoms with E-state index in [1.807, 2.05) is 6.07 Å². The van der Waals surface area contributed by atoms with E-state index in [1.165, 1.54) is 0 Å². The van der Waals surface area contributed by atoms with Gasteiger partial charge in [0.25, 0.3) is 0 Å². The van der Waals surface area contributed by atoms with Crippen LogP contribution in [0.2, 0.25) is 0 Å². The van der Waals surface area contributed by atoms with Gasteiger partial charge in [-0.1, -0.05) is 15.9 Å². The average Bonchev–Trinajstić information content (AvgIpc) is 2.26. The number of halogens is 1. The second-order valence-electron chi connectivity index (χ2n) is 2.63. The second-order valence-corrected chi connectivity index (χ2v) is 3.42. The standard InChI is InChI=1S/C10H10BrNO2/c11-3-4-14-10-2-1-8(6-12)5-9(10)7-13/h1-2,5,13H,3-4,7H2. The Morgan fingerprint density at radius 2 is 2.29 bits per heavy atom. The zero-order valence-corrected chi connectivity index (χ0v) is 9.12. The molecule has 4 heteroatoms. The quantitative estimate of drug-likeness (QED) is 0.836. The van der Waals surface area contributed by atoms with Crippen molar-refractivity contribution in [1.82, 2.24) is 0 Å². The van der Waals surface area contributed by atoms with Crippen LogP contribution in [0.4, 0.5) is 0 Å². The monoisotopic (exact) mass is 255 g/mol. The van der Waals surface area contributed by atoms with E-state index >= 15 is 0 Å². The third kappa shape index (κ3) is 2.72. The van der Waals surface area contributed by atoms with Crippen LogP contribution in [0, 0.1) is 11.3 Å². The smallest absolute Gasteiger partial charge is 0.124 e. The number of nitrogens with zero attached hydrogens (tertiary/aromatic N) is 1. The topological polar surface area (TPSA) is 53.2 Å². The van der Waals surface area contributed by atoms with E-state index in [9.17, 15) is 0 Å². The highest BCUT2D eigenvalue weighted by Crippen LogP contribution is 2.19.